The molecule has 0 saturated heterocycles. The normalized spacial score (nSPS) is 14.6. The zero-order chi connectivity index (χ0) is 29.3. The van der Waals surface area contributed by atoms with Gasteiger partial charge in [0.05, 0.1) is 29.2 Å². The highest BCUT2D eigenvalue weighted by Crippen LogP contribution is 2.32. The summed E-state index contributed by atoms with van der Waals surface area (Å²) in [6, 6.07) is 20.3. The van der Waals surface area contributed by atoms with Gasteiger partial charge in [-0.1, -0.05) is 68.5 Å². The van der Waals surface area contributed by atoms with Gasteiger partial charge in [-0.25, -0.2) is 4.68 Å². The first kappa shape index (κ1) is 29.2. The predicted molar refractivity (Wildman–Crippen MR) is 168 cm³/mol. The number of fused-ring (bicyclic) bond motifs is 1. The van der Waals surface area contributed by atoms with E-state index in [1.165, 1.54) is 12.0 Å². The molecule has 0 fully saturated rings. The zero-order valence-electron chi connectivity index (χ0n) is 24.7. The summed E-state index contributed by atoms with van der Waals surface area (Å²) in [6.07, 6.45) is 12.3. The van der Waals surface area contributed by atoms with Crippen molar-refractivity contribution in [2.45, 2.75) is 84.1 Å². The minimum absolute atomic E-state index is 0.0352. The molecule has 7 heteroatoms. The maximum absolute atomic E-state index is 13.7. The fourth-order valence-electron chi connectivity index (χ4n) is 5.59. The Bertz CT molecular complexity index is 1530. The molecule has 0 aliphatic heterocycles. The molecule has 0 spiro atoms. The molecule has 2 N–H and O–H groups in total. The van der Waals surface area contributed by atoms with Crippen LogP contribution in [-0.2, 0) is 22.6 Å². The van der Waals surface area contributed by atoms with E-state index >= 15 is 0 Å². The van der Waals surface area contributed by atoms with E-state index in [0.717, 1.165) is 84.4 Å². The number of anilines is 1. The Morgan fingerprint density at radius 1 is 1.00 bits per heavy atom. The van der Waals surface area contributed by atoms with Crippen molar-refractivity contribution in [2.24, 2.45) is 0 Å². The SMILES string of the molecule is CCCCCCC(=O)NCc1cnn(-c2cccc(NC(=O)C3CCCCc4ccc(-c5cccc(C)c5)nc43)c2)c1. The third-order valence-corrected chi connectivity index (χ3v) is 7.92. The van der Waals surface area contributed by atoms with Crippen molar-refractivity contribution in [1.29, 1.82) is 0 Å². The number of rotatable bonds is 11. The predicted octanol–water partition coefficient (Wildman–Crippen LogP) is 7.28. The van der Waals surface area contributed by atoms with E-state index in [1.54, 1.807) is 10.9 Å². The summed E-state index contributed by atoms with van der Waals surface area (Å²) in [7, 11) is 0. The minimum Gasteiger partial charge on any atom is -0.352 e. The molecule has 2 heterocycles. The number of aromatic nitrogens is 3. The van der Waals surface area contributed by atoms with E-state index in [-0.39, 0.29) is 17.7 Å². The fraction of sp³-hybridized carbons (Fsp3) is 0.371. The number of hydrogen-bond donors (Lipinski definition) is 2. The van der Waals surface area contributed by atoms with Gasteiger partial charge in [0.15, 0.2) is 0 Å². The van der Waals surface area contributed by atoms with Gasteiger partial charge in [0.25, 0.3) is 0 Å². The van der Waals surface area contributed by atoms with Gasteiger partial charge in [0.2, 0.25) is 11.8 Å². The average Bonchev–Trinajstić information content (AvgIpc) is 3.37. The van der Waals surface area contributed by atoms with E-state index in [4.69, 9.17) is 4.98 Å². The molecule has 218 valence electrons. The number of amides is 2. The van der Waals surface area contributed by atoms with Crippen molar-refractivity contribution >= 4 is 17.5 Å². The molecule has 2 amide bonds. The van der Waals surface area contributed by atoms with Gasteiger partial charge in [-0.15, -0.1) is 0 Å². The Balaban J connectivity index is 1.26. The molecule has 2 aromatic heterocycles. The lowest BCUT2D eigenvalue weighted by molar-refractivity contribution is -0.121. The zero-order valence-corrected chi connectivity index (χ0v) is 24.7. The van der Waals surface area contributed by atoms with Crippen LogP contribution < -0.4 is 10.6 Å². The van der Waals surface area contributed by atoms with Crippen LogP contribution in [0.5, 0.6) is 0 Å². The summed E-state index contributed by atoms with van der Waals surface area (Å²) in [6.45, 7) is 4.69. The second-order valence-electron chi connectivity index (χ2n) is 11.3. The maximum Gasteiger partial charge on any atom is 0.233 e. The smallest absolute Gasteiger partial charge is 0.233 e. The van der Waals surface area contributed by atoms with E-state index in [9.17, 15) is 9.59 Å². The van der Waals surface area contributed by atoms with Crippen molar-refractivity contribution < 1.29 is 9.59 Å². The molecule has 1 atom stereocenters. The van der Waals surface area contributed by atoms with Crippen LogP contribution in [0.2, 0.25) is 0 Å². The van der Waals surface area contributed by atoms with Crippen LogP contribution in [0.4, 0.5) is 5.69 Å². The van der Waals surface area contributed by atoms with Crippen molar-refractivity contribution in [2.75, 3.05) is 5.32 Å². The summed E-state index contributed by atoms with van der Waals surface area (Å²) in [5.41, 5.74) is 7.70. The molecule has 0 bridgehead atoms. The lowest BCUT2D eigenvalue weighted by Crippen LogP contribution is -2.22. The molecular weight excluding hydrogens is 522 g/mol. The molecule has 42 heavy (non-hydrogen) atoms. The largest absolute Gasteiger partial charge is 0.352 e. The molecule has 1 aliphatic carbocycles. The molecule has 2 aromatic carbocycles. The van der Waals surface area contributed by atoms with Gasteiger partial charge in [-0.05, 0) is 68.5 Å². The number of pyridine rings is 1. The van der Waals surface area contributed by atoms with Crippen LogP contribution in [-0.4, -0.2) is 26.6 Å². The molecule has 1 aliphatic rings. The van der Waals surface area contributed by atoms with Crippen molar-refractivity contribution in [3.05, 3.63) is 95.4 Å². The molecule has 1 unspecified atom stereocenters. The first-order valence-corrected chi connectivity index (χ1v) is 15.3. The summed E-state index contributed by atoms with van der Waals surface area (Å²) in [4.78, 5) is 30.9. The third kappa shape index (κ3) is 7.52. The van der Waals surface area contributed by atoms with Gasteiger partial charge >= 0.3 is 0 Å². The standard InChI is InChI=1S/C35H41N5O2/c1-3-4-5-6-17-33(41)36-22-26-23-37-40(24-26)30-15-10-14-29(21-30)38-35(42)31-16-8-7-12-27-18-19-32(39-34(27)31)28-13-9-11-25(2)20-28/h9-11,13-15,18-21,23-24,31H,3-8,12,16-17,22H2,1-2H3,(H,36,41)(H,38,42). The lowest BCUT2D eigenvalue weighted by atomic mass is 9.95. The summed E-state index contributed by atoms with van der Waals surface area (Å²) >= 11 is 0. The van der Waals surface area contributed by atoms with Gasteiger partial charge in [-0.3, -0.25) is 14.6 Å². The van der Waals surface area contributed by atoms with Crippen LogP contribution >= 0.6 is 0 Å². The van der Waals surface area contributed by atoms with Crippen LogP contribution in [0.15, 0.2) is 73.1 Å². The number of benzene rings is 2. The first-order chi connectivity index (χ1) is 20.5. The van der Waals surface area contributed by atoms with Crippen LogP contribution in [0.25, 0.3) is 16.9 Å². The number of hydrogen-bond acceptors (Lipinski definition) is 4. The average molecular weight is 564 g/mol. The Labute approximate surface area is 248 Å². The topological polar surface area (TPSA) is 88.9 Å². The summed E-state index contributed by atoms with van der Waals surface area (Å²) in [5, 5.41) is 10.6. The number of carbonyl (C=O) groups excluding carboxylic acids is 2. The Hall–Kier alpha value is -4.26. The van der Waals surface area contributed by atoms with Crippen molar-refractivity contribution in [3.8, 4) is 16.9 Å². The van der Waals surface area contributed by atoms with E-state index in [0.29, 0.717) is 13.0 Å². The van der Waals surface area contributed by atoms with Crippen molar-refractivity contribution in [1.82, 2.24) is 20.1 Å². The summed E-state index contributed by atoms with van der Waals surface area (Å²) < 4.78 is 1.77. The number of nitrogens with one attached hydrogen (secondary N) is 2. The number of carbonyl (C=O) groups is 2. The highest BCUT2D eigenvalue weighted by Gasteiger charge is 2.27. The van der Waals surface area contributed by atoms with Crippen LogP contribution in [0, 0.1) is 6.92 Å². The van der Waals surface area contributed by atoms with Gasteiger partial charge in [0, 0.05) is 36.0 Å². The second kappa shape index (κ2) is 14.1. The fourth-order valence-corrected chi connectivity index (χ4v) is 5.59. The maximum atomic E-state index is 13.7. The van der Waals surface area contributed by atoms with Crippen LogP contribution in [0.3, 0.4) is 0 Å². The van der Waals surface area contributed by atoms with Gasteiger partial charge in [0.1, 0.15) is 0 Å². The quantitative estimate of drug-likeness (QED) is 0.148. The highest BCUT2D eigenvalue weighted by atomic mass is 16.2. The van der Waals surface area contributed by atoms with Gasteiger partial charge in [-0.2, -0.15) is 5.10 Å². The monoisotopic (exact) mass is 563 g/mol. The van der Waals surface area contributed by atoms with E-state index in [2.05, 4.69) is 59.9 Å². The second-order valence-corrected chi connectivity index (χ2v) is 11.3. The number of aryl methyl sites for hydroxylation is 2. The van der Waals surface area contributed by atoms with E-state index < -0.39 is 0 Å². The highest BCUT2D eigenvalue weighted by molar-refractivity contribution is 5.96. The lowest BCUT2D eigenvalue weighted by Gasteiger charge is -2.18. The summed E-state index contributed by atoms with van der Waals surface area (Å²) in [5.74, 6) is -0.269. The van der Waals surface area contributed by atoms with Crippen molar-refractivity contribution in [3.63, 3.8) is 0 Å². The Kier molecular flexibility index (Phi) is 9.80. The molecule has 5 rings (SSSR count). The number of unbranched alkanes of at least 4 members (excludes halogenated alkanes) is 3. The van der Waals surface area contributed by atoms with Crippen LogP contribution in [0.1, 0.15) is 86.6 Å². The van der Waals surface area contributed by atoms with E-state index in [1.807, 2.05) is 36.5 Å². The molecular formula is C35H41N5O2. The number of nitrogens with zero attached hydrogens (tertiary/aromatic N) is 3. The molecule has 7 nitrogen and oxygen atoms in total. The molecule has 0 saturated carbocycles. The Morgan fingerprint density at radius 2 is 1.88 bits per heavy atom. The minimum atomic E-state index is -0.308. The third-order valence-electron chi connectivity index (χ3n) is 7.92. The first-order valence-electron chi connectivity index (χ1n) is 15.3. The molecule has 0 radical (unpaired) electrons. The molecule has 4 aromatic rings. The van der Waals surface area contributed by atoms with Gasteiger partial charge < -0.3 is 10.6 Å². The Morgan fingerprint density at radius 3 is 2.74 bits per heavy atom.